The number of rotatable bonds is 5. The number of nitrogens with two attached hydrogens (primary N) is 1. The monoisotopic (exact) mass is 273 g/mol. The summed E-state index contributed by atoms with van der Waals surface area (Å²) in [6, 6.07) is 12.2. The van der Waals surface area contributed by atoms with Crippen molar-refractivity contribution in [3.05, 3.63) is 65.0 Å². The maximum atomic E-state index is 13.4. The van der Waals surface area contributed by atoms with Crippen LogP contribution in [0, 0.1) is 12.7 Å². The van der Waals surface area contributed by atoms with Gasteiger partial charge in [-0.05, 0) is 54.3 Å². The highest BCUT2D eigenvalue weighted by molar-refractivity contribution is 5.36. The Labute approximate surface area is 119 Å². The minimum absolute atomic E-state index is 0.252. The topological polar surface area (TPSA) is 35.2 Å². The molecule has 0 aromatic heterocycles. The van der Waals surface area contributed by atoms with Gasteiger partial charge in [-0.15, -0.1) is 0 Å². The van der Waals surface area contributed by atoms with E-state index in [4.69, 9.17) is 10.5 Å². The van der Waals surface area contributed by atoms with Crippen molar-refractivity contribution in [3.8, 4) is 5.75 Å². The maximum Gasteiger partial charge on any atom is 0.123 e. The van der Waals surface area contributed by atoms with Gasteiger partial charge in [-0.3, -0.25) is 0 Å². The van der Waals surface area contributed by atoms with Crippen LogP contribution in [0.4, 0.5) is 4.39 Å². The second-order valence-corrected chi connectivity index (χ2v) is 4.96. The van der Waals surface area contributed by atoms with Crippen molar-refractivity contribution in [2.75, 3.05) is 6.61 Å². The molecule has 0 radical (unpaired) electrons. The molecule has 0 fully saturated rings. The predicted octanol–water partition coefficient (Wildman–Crippen LogP) is 3.97. The van der Waals surface area contributed by atoms with Gasteiger partial charge in [0.05, 0.1) is 12.6 Å². The van der Waals surface area contributed by atoms with E-state index in [1.165, 1.54) is 12.1 Å². The third-order valence-corrected chi connectivity index (χ3v) is 3.14. The summed E-state index contributed by atoms with van der Waals surface area (Å²) in [6.45, 7) is 4.63. The lowest BCUT2D eigenvalue weighted by atomic mass is 9.98. The molecule has 0 spiro atoms. The average molecular weight is 273 g/mol. The van der Waals surface area contributed by atoms with Crippen LogP contribution in [0.25, 0.3) is 0 Å². The Morgan fingerprint density at radius 3 is 2.40 bits per heavy atom. The minimum atomic E-state index is -0.329. The molecule has 0 saturated heterocycles. The summed E-state index contributed by atoms with van der Waals surface area (Å²) in [6.07, 6.45) is 0.976. The number of aryl methyl sites for hydroxylation is 1. The second kappa shape index (κ2) is 6.53. The molecule has 2 N–H and O–H groups in total. The molecule has 106 valence electrons. The van der Waals surface area contributed by atoms with Crippen LogP contribution in [0.2, 0.25) is 0 Å². The van der Waals surface area contributed by atoms with Gasteiger partial charge in [0.15, 0.2) is 0 Å². The highest BCUT2D eigenvalue weighted by Crippen LogP contribution is 2.23. The number of hydrogen-bond acceptors (Lipinski definition) is 2. The maximum absolute atomic E-state index is 13.4. The van der Waals surface area contributed by atoms with E-state index < -0.39 is 0 Å². The Bertz CT molecular complexity index is 545. The van der Waals surface area contributed by atoms with Crippen LogP contribution in [0.15, 0.2) is 42.5 Å². The molecule has 0 bridgehead atoms. The molecule has 1 atom stereocenters. The van der Waals surface area contributed by atoms with Crippen LogP contribution in [0.5, 0.6) is 5.75 Å². The minimum Gasteiger partial charge on any atom is -0.494 e. The van der Waals surface area contributed by atoms with E-state index in [2.05, 4.69) is 6.92 Å². The molecule has 2 rings (SSSR count). The van der Waals surface area contributed by atoms with Crippen LogP contribution < -0.4 is 10.5 Å². The molecule has 0 aliphatic rings. The van der Waals surface area contributed by atoms with Gasteiger partial charge in [-0.1, -0.05) is 25.1 Å². The fourth-order valence-corrected chi connectivity index (χ4v) is 2.13. The van der Waals surface area contributed by atoms with Crippen LogP contribution in [0.3, 0.4) is 0 Å². The molecule has 2 aromatic carbocycles. The quantitative estimate of drug-likeness (QED) is 0.894. The van der Waals surface area contributed by atoms with Gasteiger partial charge in [0.25, 0.3) is 0 Å². The van der Waals surface area contributed by atoms with E-state index in [1.54, 1.807) is 0 Å². The Morgan fingerprint density at radius 1 is 1.10 bits per heavy atom. The van der Waals surface area contributed by atoms with E-state index in [-0.39, 0.29) is 11.9 Å². The highest BCUT2D eigenvalue weighted by Gasteiger charge is 2.10. The lowest BCUT2D eigenvalue weighted by Crippen LogP contribution is -2.12. The lowest BCUT2D eigenvalue weighted by Gasteiger charge is -2.14. The fraction of sp³-hybridized carbons (Fsp3) is 0.294. The van der Waals surface area contributed by atoms with Crippen LogP contribution in [0.1, 0.15) is 36.1 Å². The Hall–Kier alpha value is -1.87. The molecule has 3 heteroatoms. The zero-order chi connectivity index (χ0) is 14.5. The van der Waals surface area contributed by atoms with Gasteiger partial charge in [-0.2, -0.15) is 0 Å². The lowest BCUT2D eigenvalue weighted by molar-refractivity contribution is 0.317. The molecular weight excluding hydrogens is 253 g/mol. The third-order valence-electron chi connectivity index (χ3n) is 3.14. The van der Waals surface area contributed by atoms with Gasteiger partial charge in [0.2, 0.25) is 0 Å². The summed E-state index contributed by atoms with van der Waals surface area (Å²) in [5.74, 6) is 0.580. The van der Waals surface area contributed by atoms with Crippen molar-refractivity contribution in [2.45, 2.75) is 26.3 Å². The standard InChI is InChI=1S/C17H20FNO/c1-3-8-20-16-6-4-13(5-7-16)17(19)14-9-12(2)10-15(18)11-14/h4-7,9-11,17H,3,8,19H2,1-2H3. The Kier molecular flexibility index (Phi) is 4.74. The summed E-state index contributed by atoms with van der Waals surface area (Å²) >= 11 is 0. The fourth-order valence-electron chi connectivity index (χ4n) is 2.13. The molecule has 2 nitrogen and oxygen atoms in total. The van der Waals surface area contributed by atoms with Crippen molar-refractivity contribution in [1.29, 1.82) is 0 Å². The molecular formula is C17H20FNO. The summed E-state index contributed by atoms with van der Waals surface area (Å²) in [7, 11) is 0. The van der Waals surface area contributed by atoms with Crippen molar-refractivity contribution >= 4 is 0 Å². The first-order valence-electron chi connectivity index (χ1n) is 6.85. The SMILES string of the molecule is CCCOc1ccc(C(N)c2cc(C)cc(F)c2)cc1. The van der Waals surface area contributed by atoms with Crippen molar-refractivity contribution in [3.63, 3.8) is 0 Å². The van der Waals surface area contributed by atoms with Gasteiger partial charge >= 0.3 is 0 Å². The van der Waals surface area contributed by atoms with E-state index in [1.807, 2.05) is 37.3 Å². The third kappa shape index (κ3) is 3.58. The van der Waals surface area contributed by atoms with Crippen LogP contribution >= 0.6 is 0 Å². The van der Waals surface area contributed by atoms with E-state index in [9.17, 15) is 4.39 Å². The molecule has 0 aliphatic carbocycles. The van der Waals surface area contributed by atoms with Gasteiger partial charge < -0.3 is 10.5 Å². The van der Waals surface area contributed by atoms with E-state index in [0.717, 1.165) is 28.9 Å². The summed E-state index contributed by atoms with van der Waals surface area (Å²) in [4.78, 5) is 0. The van der Waals surface area contributed by atoms with Gasteiger partial charge in [0, 0.05) is 0 Å². The number of hydrogen-bond donors (Lipinski definition) is 1. The Balaban J connectivity index is 2.17. The molecule has 0 saturated carbocycles. The summed E-state index contributed by atoms with van der Waals surface area (Å²) in [5.41, 5.74) is 8.80. The summed E-state index contributed by atoms with van der Waals surface area (Å²) < 4.78 is 19.0. The van der Waals surface area contributed by atoms with Crippen molar-refractivity contribution in [2.24, 2.45) is 5.73 Å². The number of ether oxygens (including phenoxy) is 1. The van der Waals surface area contributed by atoms with Crippen molar-refractivity contribution in [1.82, 2.24) is 0 Å². The molecule has 1 unspecified atom stereocenters. The summed E-state index contributed by atoms with van der Waals surface area (Å²) in [5, 5.41) is 0. The normalized spacial score (nSPS) is 12.2. The highest BCUT2D eigenvalue weighted by atomic mass is 19.1. The zero-order valence-electron chi connectivity index (χ0n) is 11.9. The smallest absolute Gasteiger partial charge is 0.123 e. The second-order valence-electron chi connectivity index (χ2n) is 4.96. The Morgan fingerprint density at radius 2 is 1.80 bits per heavy atom. The average Bonchev–Trinajstić information content (AvgIpc) is 2.44. The molecule has 2 aromatic rings. The van der Waals surface area contributed by atoms with Crippen LogP contribution in [-0.4, -0.2) is 6.61 Å². The molecule has 20 heavy (non-hydrogen) atoms. The molecule has 0 amide bonds. The first kappa shape index (κ1) is 14.5. The predicted molar refractivity (Wildman–Crippen MR) is 79.4 cm³/mol. The first-order valence-corrected chi connectivity index (χ1v) is 6.85. The first-order chi connectivity index (χ1) is 9.60. The van der Waals surface area contributed by atoms with Gasteiger partial charge in [-0.25, -0.2) is 4.39 Å². The van der Waals surface area contributed by atoms with Crippen molar-refractivity contribution < 1.29 is 9.13 Å². The molecule has 0 aliphatic heterocycles. The number of halogens is 1. The van der Waals surface area contributed by atoms with E-state index >= 15 is 0 Å². The zero-order valence-corrected chi connectivity index (χ0v) is 11.9. The number of benzene rings is 2. The largest absolute Gasteiger partial charge is 0.494 e. The van der Waals surface area contributed by atoms with Gasteiger partial charge in [0.1, 0.15) is 11.6 Å². The molecule has 0 heterocycles. The van der Waals surface area contributed by atoms with Crippen LogP contribution in [-0.2, 0) is 0 Å². The van der Waals surface area contributed by atoms with E-state index in [0.29, 0.717) is 6.61 Å².